The first-order valence-electron chi connectivity index (χ1n) is 8.99. The van der Waals surface area contributed by atoms with Gasteiger partial charge in [-0.1, -0.05) is 49.1 Å². The van der Waals surface area contributed by atoms with Crippen LogP contribution >= 0.6 is 31.9 Å². The van der Waals surface area contributed by atoms with Crippen molar-refractivity contribution in [3.8, 4) is 0 Å². The van der Waals surface area contributed by atoms with Crippen molar-refractivity contribution in [3.05, 3.63) is 80.1 Å². The zero-order valence-electron chi connectivity index (χ0n) is 15.3. The molecular formula is C21H17Br2N5O. The number of nitrogens with zero attached hydrogens (tertiary/aromatic N) is 4. The van der Waals surface area contributed by atoms with Crippen molar-refractivity contribution in [2.75, 3.05) is 11.9 Å². The highest BCUT2D eigenvalue weighted by atomic mass is 79.9. The van der Waals surface area contributed by atoms with Gasteiger partial charge in [0.05, 0.1) is 12.6 Å². The summed E-state index contributed by atoms with van der Waals surface area (Å²) in [6.45, 7) is 0.820. The lowest BCUT2D eigenvalue weighted by Crippen LogP contribution is -2.24. The molecule has 0 aliphatic rings. The third-order valence-corrected chi connectivity index (χ3v) is 5.72. The summed E-state index contributed by atoms with van der Waals surface area (Å²) < 4.78 is 4.18. The van der Waals surface area contributed by atoms with E-state index in [1.54, 1.807) is 18.2 Å². The number of nitrogens with one attached hydrogen (secondary N) is 1. The lowest BCUT2D eigenvalue weighted by atomic mass is 10.2. The Hall–Kier alpha value is -2.51. The van der Waals surface area contributed by atoms with Crippen LogP contribution in [0.15, 0.2) is 74.7 Å². The monoisotopic (exact) mass is 513 g/mol. The zero-order valence-corrected chi connectivity index (χ0v) is 18.4. The van der Waals surface area contributed by atoms with Crippen LogP contribution in [0.5, 0.6) is 0 Å². The minimum Gasteiger partial charge on any atom is -0.389 e. The van der Waals surface area contributed by atoms with E-state index in [0.717, 1.165) is 36.4 Å². The first-order valence-corrected chi connectivity index (χ1v) is 10.6. The second-order valence-corrected chi connectivity index (χ2v) is 8.54. The largest absolute Gasteiger partial charge is 0.389 e. The molecule has 0 saturated heterocycles. The molecule has 0 bridgehead atoms. The Kier molecular flexibility index (Phi) is 5.78. The van der Waals surface area contributed by atoms with Crippen LogP contribution in [0.4, 0.5) is 11.4 Å². The minimum absolute atomic E-state index is 0.369. The minimum atomic E-state index is -0.607. The van der Waals surface area contributed by atoms with E-state index in [2.05, 4.69) is 76.0 Å². The van der Waals surface area contributed by atoms with Crippen molar-refractivity contribution in [3.63, 3.8) is 0 Å². The number of rotatable bonds is 6. The van der Waals surface area contributed by atoms with E-state index in [1.165, 1.54) is 0 Å². The van der Waals surface area contributed by atoms with Gasteiger partial charge in [0, 0.05) is 53.6 Å². The van der Waals surface area contributed by atoms with Crippen molar-refractivity contribution in [2.24, 2.45) is 5.11 Å². The lowest BCUT2D eigenvalue weighted by Gasteiger charge is -2.16. The van der Waals surface area contributed by atoms with Gasteiger partial charge in [-0.25, -0.2) is 0 Å². The molecule has 1 heterocycles. The third-order valence-electron chi connectivity index (χ3n) is 4.73. The van der Waals surface area contributed by atoms with Crippen LogP contribution in [0.2, 0.25) is 0 Å². The van der Waals surface area contributed by atoms with Crippen LogP contribution in [-0.2, 0) is 6.54 Å². The summed E-state index contributed by atoms with van der Waals surface area (Å²) in [5.74, 6) is 0. The molecule has 0 amide bonds. The van der Waals surface area contributed by atoms with Gasteiger partial charge in [0.1, 0.15) is 0 Å². The number of hydrogen-bond donors (Lipinski definition) is 2. The molecule has 6 nitrogen and oxygen atoms in total. The van der Waals surface area contributed by atoms with Gasteiger partial charge in [0.2, 0.25) is 0 Å². The maximum Gasteiger partial charge on any atom is 0.0891 e. The number of halogens is 2. The summed E-state index contributed by atoms with van der Waals surface area (Å²) in [6, 6.07) is 19.5. The predicted molar refractivity (Wildman–Crippen MR) is 125 cm³/mol. The Morgan fingerprint density at radius 3 is 2.28 bits per heavy atom. The van der Waals surface area contributed by atoms with Crippen molar-refractivity contribution in [1.82, 2.24) is 4.57 Å². The van der Waals surface area contributed by atoms with Gasteiger partial charge in [-0.05, 0) is 54.1 Å². The third kappa shape index (κ3) is 4.26. The lowest BCUT2D eigenvalue weighted by molar-refractivity contribution is 0.169. The molecule has 0 radical (unpaired) electrons. The van der Waals surface area contributed by atoms with Crippen LogP contribution in [0, 0.1) is 0 Å². The summed E-state index contributed by atoms with van der Waals surface area (Å²) in [7, 11) is 0. The molecule has 1 unspecified atom stereocenters. The maximum absolute atomic E-state index is 10.7. The summed E-state index contributed by atoms with van der Waals surface area (Å²) >= 11 is 7.11. The quantitative estimate of drug-likeness (QED) is 0.170. The van der Waals surface area contributed by atoms with E-state index in [9.17, 15) is 5.11 Å². The fraction of sp³-hybridized carbons (Fsp3) is 0.143. The summed E-state index contributed by atoms with van der Waals surface area (Å²) in [4.78, 5) is 2.80. The molecular weight excluding hydrogens is 498 g/mol. The van der Waals surface area contributed by atoms with E-state index in [1.807, 2.05) is 18.2 Å². The Bertz CT molecular complexity index is 1190. The Labute approximate surface area is 184 Å². The second kappa shape index (κ2) is 8.47. The fourth-order valence-corrected chi connectivity index (χ4v) is 4.21. The van der Waals surface area contributed by atoms with Crippen molar-refractivity contribution >= 4 is 65.0 Å². The van der Waals surface area contributed by atoms with Crippen LogP contribution < -0.4 is 5.32 Å². The molecule has 146 valence electrons. The first-order chi connectivity index (χ1) is 14.0. The number of azide groups is 1. The molecule has 0 aliphatic heterocycles. The highest BCUT2D eigenvalue weighted by Gasteiger charge is 2.14. The maximum atomic E-state index is 10.7. The van der Waals surface area contributed by atoms with Crippen molar-refractivity contribution < 1.29 is 5.11 Å². The van der Waals surface area contributed by atoms with E-state index in [-0.39, 0.29) is 0 Å². The molecule has 1 atom stereocenters. The van der Waals surface area contributed by atoms with Gasteiger partial charge in [-0.15, -0.1) is 0 Å². The summed E-state index contributed by atoms with van der Waals surface area (Å²) in [5.41, 5.74) is 12.0. The zero-order chi connectivity index (χ0) is 20.4. The standard InChI is InChI=1S/C21H17Br2N5O/c22-13-4-6-20-18(8-13)19-9-14(23)5-7-21(19)28(20)12-17(29)11-25-15-2-1-3-16(10-15)26-27-24/h1-10,17,25,29H,11-12H2. The Morgan fingerprint density at radius 2 is 1.66 bits per heavy atom. The smallest absolute Gasteiger partial charge is 0.0891 e. The molecule has 8 heteroatoms. The van der Waals surface area contributed by atoms with Gasteiger partial charge in [-0.2, -0.15) is 0 Å². The van der Waals surface area contributed by atoms with Crippen LogP contribution in [-0.4, -0.2) is 22.3 Å². The molecule has 0 saturated carbocycles. The molecule has 3 aromatic carbocycles. The van der Waals surface area contributed by atoms with Gasteiger partial charge >= 0.3 is 0 Å². The van der Waals surface area contributed by atoms with E-state index in [4.69, 9.17) is 5.53 Å². The number of benzene rings is 3. The Balaban J connectivity index is 1.60. The molecule has 0 spiro atoms. The van der Waals surface area contributed by atoms with Gasteiger partial charge < -0.3 is 15.0 Å². The van der Waals surface area contributed by atoms with E-state index < -0.39 is 6.10 Å². The van der Waals surface area contributed by atoms with Crippen LogP contribution in [0.1, 0.15) is 0 Å². The number of anilines is 1. The molecule has 2 N–H and O–H groups in total. The van der Waals surface area contributed by atoms with E-state index >= 15 is 0 Å². The summed E-state index contributed by atoms with van der Waals surface area (Å²) in [5, 5.41) is 19.8. The van der Waals surface area contributed by atoms with Crippen LogP contribution in [0.25, 0.3) is 32.2 Å². The van der Waals surface area contributed by atoms with Gasteiger partial charge in [0.15, 0.2) is 0 Å². The van der Waals surface area contributed by atoms with Gasteiger partial charge in [0.25, 0.3) is 0 Å². The SMILES string of the molecule is [N-]=[N+]=Nc1cccc(NCC(O)Cn2c3ccc(Br)cc3c3cc(Br)ccc32)c1. The molecule has 4 rings (SSSR count). The molecule has 29 heavy (non-hydrogen) atoms. The average molecular weight is 515 g/mol. The number of aliphatic hydroxyl groups is 1. The molecule has 0 fully saturated rings. The highest BCUT2D eigenvalue weighted by Crippen LogP contribution is 2.33. The molecule has 0 aliphatic carbocycles. The Morgan fingerprint density at radius 1 is 1.00 bits per heavy atom. The van der Waals surface area contributed by atoms with Crippen LogP contribution in [0.3, 0.4) is 0 Å². The number of aromatic nitrogens is 1. The average Bonchev–Trinajstić information content (AvgIpc) is 2.99. The van der Waals surface area contributed by atoms with Crippen molar-refractivity contribution in [2.45, 2.75) is 12.6 Å². The molecule has 1 aromatic heterocycles. The topological polar surface area (TPSA) is 86.0 Å². The van der Waals surface area contributed by atoms with Crippen molar-refractivity contribution in [1.29, 1.82) is 0 Å². The number of hydrogen-bond acceptors (Lipinski definition) is 3. The molecule has 4 aromatic rings. The normalized spacial score (nSPS) is 12.1. The second-order valence-electron chi connectivity index (χ2n) is 6.71. The van der Waals surface area contributed by atoms with E-state index in [0.29, 0.717) is 18.8 Å². The number of fused-ring (bicyclic) bond motifs is 3. The first kappa shape index (κ1) is 19.8. The number of aliphatic hydroxyl groups excluding tert-OH is 1. The predicted octanol–water partition coefficient (Wildman–Crippen LogP) is 6.73. The highest BCUT2D eigenvalue weighted by molar-refractivity contribution is 9.10. The fourth-order valence-electron chi connectivity index (χ4n) is 3.49. The summed E-state index contributed by atoms with van der Waals surface area (Å²) in [6.07, 6.45) is -0.607. The van der Waals surface area contributed by atoms with Gasteiger partial charge in [-0.3, -0.25) is 0 Å².